The molecular formula is C32H45NO6S. The van der Waals surface area contributed by atoms with Gasteiger partial charge < -0.3 is 19.0 Å². The highest BCUT2D eigenvalue weighted by Gasteiger charge is 2.27. The second kappa shape index (κ2) is 16.9. The van der Waals surface area contributed by atoms with Gasteiger partial charge in [0.1, 0.15) is 24.8 Å². The summed E-state index contributed by atoms with van der Waals surface area (Å²) in [6.07, 6.45) is 0.800. The lowest BCUT2D eigenvalue weighted by Gasteiger charge is -2.21. The first-order chi connectivity index (χ1) is 18.5. The highest BCUT2D eigenvalue weighted by Crippen LogP contribution is 2.27. The molecule has 220 valence electrons. The number of aliphatic hydroxyl groups excluding tert-OH is 1. The molecule has 40 heavy (non-hydrogen) atoms. The third-order valence-electron chi connectivity index (χ3n) is 6.40. The molecule has 0 aliphatic rings. The Morgan fingerprint density at radius 1 is 1.07 bits per heavy atom. The van der Waals surface area contributed by atoms with Gasteiger partial charge in [0.25, 0.3) is 5.22 Å². The molecule has 3 aromatic rings. The molecule has 0 radical (unpaired) electrons. The summed E-state index contributed by atoms with van der Waals surface area (Å²) >= 11 is 1.64. The summed E-state index contributed by atoms with van der Waals surface area (Å²) in [4.78, 5) is 27.1. The van der Waals surface area contributed by atoms with E-state index in [9.17, 15) is 14.7 Å². The van der Waals surface area contributed by atoms with Crippen molar-refractivity contribution in [3.8, 4) is 0 Å². The average molecular weight is 572 g/mol. The van der Waals surface area contributed by atoms with Gasteiger partial charge in [-0.2, -0.15) is 0 Å². The van der Waals surface area contributed by atoms with E-state index in [1.165, 1.54) is 24.5 Å². The summed E-state index contributed by atoms with van der Waals surface area (Å²) in [6.45, 7) is 14.4. The first-order valence-corrected chi connectivity index (χ1v) is 14.2. The molecule has 0 saturated heterocycles. The van der Waals surface area contributed by atoms with Crippen molar-refractivity contribution in [3.63, 3.8) is 0 Å². The van der Waals surface area contributed by atoms with Crippen LogP contribution in [-0.4, -0.2) is 41.3 Å². The SMILES string of the molecule is C.C=C(C)C(=O)OCC(O)COC(=O)C(C)(C)CC.CCC(C)c1ccc(CSc2nc3ccccc3o2)cc1. The minimum absolute atomic E-state index is 0. The van der Waals surface area contributed by atoms with Crippen molar-refractivity contribution in [3.05, 3.63) is 71.8 Å². The number of benzene rings is 2. The molecular weight excluding hydrogens is 526 g/mol. The van der Waals surface area contributed by atoms with E-state index in [1.54, 1.807) is 25.6 Å². The molecule has 0 aliphatic carbocycles. The van der Waals surface area contributed by atoms with Gasteiger partial charge >= 0.3 is 11.9 Å². The summed E-state index contributed by atoms with van der Waals surface area (Å²) in [5.74, 6) is 0.557. The summed E-state index contributed by atoms with van der Waals surface area (Å²) in [6, 6.07) is 16.8. The van der Waals surface area contributed by atoms with Gasteiger partial charge in [0.2, 0.25) is 0 Å². The van der Waals surface area contributed by atoms with Gasteiger partial charge in [0.15, 0.2) is 5.58 Å². The molecule has 0 fully saturated rings. The highest BCUT2D eigenvalue weighted by atomic mass is 32.2. The molecule has 1 aromatic heterocycles. The van der Waals surface area contributed by atoms with Crippen molar-refractivity contribution in [2.45, 2.75) is 84.8 Å². The van der Waals surface area contributed by atoms with Gasteiger partial charge in [0.05, 0.1) is 5.41 Å². The molecule has 1 N–H and O–H groups in total. The number of ether oxygens (including phenoxy) is 2. The Morgan fingerprint density at radius 2 is 1.70 bits per heavy atom. The van der Waals surface area contributed by atoms with Crippen molar-refractivity contribution in [1.82, 2.24) is 4.98 Å². The molecule has 0 bridgehead atoms. The standard InChI is InChI=1S/C18H19NOS.C13H22O5.CH4/c1-3-13(2)15-10-8-14(9-11-15)12-21-18-19-16-6-4-5-7-17(16)20-18;1-6-13(4,5)12(16)18-8-10(14)7-17-11(15)9(2)3;/h4-11,13H,3,12H2,1-2H3;10,14H,2,6-8H2,1,3-5H3;1H4. The molecule has 2 unspecified atom stereocenters. The predicted molar refractivity (Wildman–Crippen MR) is 162 cm³/mol. The molecule has 2 aromatic carbocycles. The molecule has 0 aliphatic heterocycles. The summed E-state index contributed by atoms with van der Waals surface area (Å²) in [7, 11) is 0. The quantitative estimate of drug-likeness (QED) is 0.134. The van der Waals surface area contributed by atoms with E-state index in [0.29, 0.717) is 12.3 Å². The van der Waals surface area contributed by atoms with Crippen LogP contribution in [0, 0.1) is 5.41 Å². The van der Waals surface area contributed by atoms with E-state index in [1.807, 2.05) is 31.2 Å². The van der Waals surface area contributed by atoms with Crippen molar-refractivity contribution >= 4 is 34.8 Å². The third-order valence-corrected chi connectivity index (χ3v) is 7.30. The number of carbonyl (C=O) groups excluding carboxylic acids is 2. The Hall–Kier alpha value is -3.10. The molecule has 8 heteroatoms. The number of aromatic nitrogens is 1. The first kappa shape index (κ1) is 34.9. The Bertz CT molecular complexity index is 1180. The smallest absolute Gasteiger partial charge is 0.333 e. The third kappa shape index (κ3) is 11.2. The minimum Gasteiger partial charge on any atom is -0.462 e. The second-order valence-corrected chi connectivity index (χ2v) is 11.1. The molecule has 2 atom stereocenters. The molecule has 3 rings (SSSR count). The van der Waals surface area contributed by atoms with E-state index < -0.39 is 17.5 Å². The van der Waals surface area contributed by atoms with E-state index >= 15 is 0 Å². The van der Waals surface area contributed by atoms with Gasteiger partial charge in [-0.05, 0) is 62.8 Å². The van der Waals surface area contributed by atoms with Gasteiger partial charge in [-0.25, -0.2) is 9.78 Å². The van der Waals surface area contributed by atoms with Crippen LogP contribution in [0.3, 0.4) is 0 Å². The predicted octanol–water partition coefficient (Wildman–Crippen LogP) is 7.72. The van der Waals surface area contributed by atoms with Crippen LogP contribution < -0.4 is 0 Å². The van der Waals surface area contributed by atoms with Crippen LogP contribution in [0.15, 0.2) is 70.3 Å². The van der Waals surface area contributed by atoms with Gasteiger partial charge in [0, 0.05) is 11.3 Å². The lowest BCUT2D eigenvalue weighted by Crippen LogP contribution is -2.31. The van der Waals surface area contributed by atoms with Crippen LogP contribution in [0.4, 0.5) is 0 Å². The summed E-state index contributed by atoms with van der Waals surface area (Å²) in [5, 5.41) is 10.2. The van der Waals surface area contributed by atoms with E-state index in [-0.39, 0.29) is 32.2 Å². The van der Waals surface area contributed by atoms with E-state index in [4.69, 9.17) is 13.9 Å². The van der Waals surface area contributed by atoms with Crippen molar-refractivity contribution < 1.29 is 28.6 Å². The fourth-order valence-electron chi connectivity index (χ4n) is 3.09. The Kier molecular flexibility index (Phi) is 14.7. The van der Waals surface area contributed by atoms with Crippen LogP contribution in [-0.2, 0) is 24.8 Å². The molecule has 0 saturated carbocycles. The fourth-order valence-corrected chi connectivity index (χ4v) is 3.88. The second-order valence-electron chi connectivity index (χ2n) is 10.2. The lowest BCUT2D eigenvalue weighted by molar-refractivity contribution is -0.159. The highest BCUT2D eigenvalue weighted by molar-refractivity contribution is 7.98. The Balaban J connectivity index is 0.000000397. The monoisotopic (exact) mass is 571 g/mol. The number of hydrogen-bond acceptors (Lipinski definition) is 8. The molecule has 1 heterocycles. The molecule has 0 spiro atoms. The number of thioether (sulfide) groups is 1. The maximum atomic E-state index is 11.6. The number of esters is 2. The number of nitrogens with zero attached hydrogens (tertiary/aromatic N) is 1. The van der Waals surface area contributed by atoms with Crippen LogP contribution in [0.25, 0.3) is 11.1 Å². The van der Waals surface area contributed by atoms with Crippen molar-refractivity contribution in [2.24, 2.45) is 5.41 Å². The largest absolute Gasteiger partial charge is 0.462 e. The number of aliphatic hydroxyl groups is 1. The van der Waals surface area contributed by atoms with Gasteiger partial charge in [-0.15, -0.1) is 0 Å². The van der Waals surface area contributed by atoms with Crippen LogP contribution in [0.5, 0.6) is 0 Å². The fraction of sp³-hybridized carbons (Fsp3) is 0.469. The summed E-state index contributed by atoms with van der Waals surface area (Å²) in [5.41, 5.74) is 4.17. The number of rotatable bonds is 12. The normalized spacial score (nSPS) is 12.4. The van der Waals surface area contributed by atoms with E-state index in [2.05, 4.69) is 49.7 Å². The average Bonchev–Trinajstić information content (AvgIpc) is 3.36. The zero-order valence-corrected chi connectivity index (χ0v) is 24.7. The summed E-state index contributed by atoms with van der Waals surface area (Å²) < 4.78 is 15.4. The number of para-hydroxylation sites is 2. The molecule has 7 nitrogen and oxygen atoms in total. The number of fused-ring (bicyclic) bond motifs is 1. The van der Waals surface area contributed by atoms with E-state index in [0.717, 1.165) is 22.1 Å². The topological polar surface area (TPSA) is 98.9 Å². The van der Waals surface area contributed by atoms with Crippen LogP contribution in [0.2, 0.25) is 0 Å². The Morgan fingerprint density at radius 3 is 2.27 bits per heavy atom. The van der Waals surface area contributed by atoms with Crippen LogP contribution >= 0.6 is 11.8 Å². The number of hydrogen-bond donors (Lipinski definition) is 1. The maximum Gasteiger partial charge on any atom is 0.333 e. The zero-order valence-electron chi connectivity index (χ0n) is 23.9. The number of oxazole rings is 1. The molecule has 0 amide bonds. The maximum absolute atomic E-state index is 11.6. The van der Waals surface area contributed by atoms with Crippen LogP contribution in [0.1, 0.15) is 78.9 Å². The van der Waals surface area contributed by atoms with Gasteiger partial charge in [-0.3, -0.25) is 4.79 Å². The first-order valence-electron chi connectivity index (χ1n) is 13.2. The Labute approximate surface area is 243 Å². The lowest BCUT2D eigenvalue weighted by atomic mass is 9.91. The minimum atomic E-state index is -1.02. The van der Waals surface area contributed by atoms with Crippen molar-refractivity contribution in [2.75, 3.05) is 13.2 Å². The number of carbonyl (C=O) groups is 2. The van der Waals surface area contributed by atoms with Crippen molar-refractivity contribution in [1.29, 1.82) is 0 Å². The van der Waals surface area contributed by atoms with Gasteiger partial charge in [-0.1, -0.05) is 82.9 Å². The zero-order chi connectivity index (χ0) is 29.0.